The van der Waals surface area contributed by atoms with Crippen LogP contribution in [0.2, 0.25) is 0 Å². The van der Waals surface area contributed by atoms with Crippen LogP contribution in [0.4, 0.5) is 0 Å². The van der Waals surface area contributed by atoms with Gasteiger partial charge in [0.05, 0.1) is 78.6 Å². The van der Waals surface area contributed by atoms with Crippen molar-refractivity contribution in [3.8, 4) is 79.0 Å². The molecule has 9 aromatic rings. The number of aliphatic hydroxyl groups is 2. The van der Waals surface area contributed by atoms with E-state index in [1.807, 2.05) is 85.0 Å². The van der Waals surface area contributed by atoms with Gasteiger partial charge in [-0.15, -0.1) is 0 Å². The number of nitrogens with one attached hydrogen (secondary N) is 2. The minimum Gasteiger partial charge on any atom is -0.493 e. The van der Waals surface area contributed by atoms with Gasteiger partial charge in [0, 0.05) is 44.3 Å². The van der Waals surface area contributed by atoms with E-state index in [1.165, 1.54) is 0 Å². The lowest BCUT2D eigenvalue weighted by Gasteiger charge is -2.15. The first-order chi connectivity index (χ1) is 35.3. The molecule has 12 heteroatoms. The zero-order valence-corrected chi connectivity index (χ0v) is 40.5. The number of H-pyrrole nitrogens is 2. The molecule has 3 aromatic heterocycles. The Labute approximate surface area is 415 Å². The van der Waals surface area contributed by atoms with E-state index in [0.717, 1.165) is 99.2 Å². The Hall–Kier alpha value is -8.84. The highest BCUT2D eigenvalue weighted by molar-refractivity contribution is 6.08. The maximum absolute atomic E-state index is 10.8. The average molecular weight is 955 g/mol. The summed E-state index contributed by atoms with van der Waals surface area (Å²) in [5.74, 6) is 2.85. The molecule has 0 saturated heterocycles. The number of rotatable bonds is 12. The summed E-state index contributed by atoms with van der Waals surface area (Å²) in [7, 11) is 9.58. The van der Waals surface area contributed by atoms with Crippen molar-refractivity contribution in [2.75, 3.05) is 42.7 Å². The molecule has 2 aliphatic heterocycles. The zero-order valence-electron chi connectivity index (χ0n) is 40.5. The van der Waals surface area contributed by atoms with Crippen LogP contribution in [0.3, 0.4) is 0 Å². The maximum atomic E-state index is 10.8. The van der Waals surface area contributed by atoms with Gasteiger partial charge in [0.2, 0.25) is 11.5 Å². The summed E-state index contributed by atoms with van der Waals surface area (Å²) in [5, 5.41) is 25.4. The van der Waals surface area contributed by atoms with E-state index in [2.05, 4.69) is 70.6 Å². The smallest absolute Gasteiger partial charge is 0.203 e. The van der Waals surface area contributed by atoms with Crippen LogP contribution in [0, 0.1) is 0 Å². The Morgan fingerprint density at radius 3 is 1.03 bits per heavy atom. The number of aliphatic hydroxyl groups excluding tert-OH is 2. The highest BCUT2D eigenvalue weighted by Crippen LogP contribution is 2.47. The van der Waals surface area contributed by atoms with Crippen molar-refractivity contribution in [3.63, 3.8) is 0 Å². The number of benzene rings is 6. The van der Waals surface area contributed by atoms with Gasteiger partial charge >= 0.3 is 0 Å². The first-order valence-corrected chi connectivity index (χ1v) is 23.3. The van der Waals surface area contributed by atoms with Gasteiger partial charge in [0.15, 0.2) is 23.0 Å². The standard InChI is InChI=1S/C60H50N4O8/c1-67-49-27-37(28-50(68-2)59(49)71-5)55-41-19-23-45(61-41)57(39-17-9-13-33-11-7-15-35(31-65)53(33)39)47-25-21-43(63-47)56(38-29-51(69-3)60(72-6)52(30-38)70-4)44-22-26-48(64-44)58(46-24-20-42(55)62-46)40-18-10-14-34-12-8-16-36(32-66)54(34)40/h7-30,61,64-66H,31-32H2,1-6H3. The fourth-order valence-corrected chi connectivity index (χ4v) is 10.3. The van der Waals surface area contributed by atoms with Gasteiger partial charge in [0.1, 0.15) is 0 Å². The molecule has 0 atom stereocenters. The van der Waals surface area contributed by atoms with Crippen molar-refractivity contribution < 1.29 is 38.6 Å². The monoisotopic (exact) mass is 954 g/mol. The average Bonchev–Trinajstić information content (AvgIpc) is 4.28. The second-order valence-corrected chi connectivity index (χ2v) is 17.3. The Kier molecular flexibility index (Phi) is 11.9. The molecule has 0 saturated carbocycles. The van der Waals surface area contributed by atoms with Crippen molar-refractivity contribution in [2.24, 2.45) is 0 Å². The Balaban J connectivity index is 1.36. The molecule has 0 unspecified atom stereocenters. The number of fused-ring (bicyclic) bond motifs is 10. The molecule has 0 spiro atoms. The quantitative estimate of drug-likeness (QED) is 0.0931. The molecule has 12 nitrogen and oxygen atoms in total. The summed E-state index contributed by atoms with van der Waals surface area (Å²) in [6, 6.07) is 40.2. The zero-order chi connectivity index (χ0) is 49.6. The SMILES string of the molecule is COc1cc(-c2c3nc(c(-c4cccc5cccc(CO)c45)c4ccc([nH]4)c(-c4cc(OC)c(OC)c(OC)c4)c4nc(c(-c5cccc6cccc(CO)c56)c5ccc2[nH]5)C=C4)C=C3)cc(OC)c1OC. The lowest BCUT2D eigenvalue weighted by atomic mass is 9.94. The highest BCUT2D eigenvalue weighted by atomic mass is 16.5. The van der Waals surface area contributed by atoms with E-state index in [-0.39, 0.29) is 13.2 Å². The summed E-state index contributed by atoms with van der Waals surface area (Å²) < 4.78 is 35.3. The number of aromatic nitrogens is 4. The lowest BCUT2D eigenvalue weighted by molar-refractivity contribution is 0.283. The van der Waals surface area contributed by atoms with Crippen molar-refractivity contribution in [1.82, 2.24) is 19.9 Å². The Bertz CT molecular complexity index is 3570. The molecule has 0 radical (unpaired) electrons. The van der Waals surface area contributed by atoms with Crippen LogP contribution in [0.5, 0.6) is 34.5 Å². The number of ether oxygens (including phenoxy) is 6. The van der Waals surface area contributed by atoms with Crippen LogP contribution < -0.4 is 28.4 Å². The van der Waals surface area contributed by atoms with Crippen molar-refractivity contribution in [1.29, 1.82) is 0 Å². The van der Waals surface area contributed by atoms with Gasteiger partial charge in [-0.2, -0.15) is 0 Å². The number of methoxy groups -OCH3 is 6. The number of hydrogen-bond donors (Lipinski definition) is 4. The summed E-state index contributed by atoms with van der Waals surface area (Å²) in [4.78, 5) is 18.8. The van der Waals surface area contributed by atoms with Gasteiger partial charge in [-0.05, 0) is 128 Å². The second kappa shape index (κ2) is 18.8. The predicted octanol–water partition coefficient (Wildman–Crippen LogP) is 12.7. The minimum absolute atomic E-state index is 0.158. The van der Waals surface area contributed by atoms with Crippen LogP contribution in [0.25, 0.3) is 112 Å². The van der Waals surface area contributed by atoms with Crippen LogP contribution in [-0.4, -0.2) is 72.8 Å². The molecule has 5 heterocycles. The van der Waals surface area contributed by atoms with E-state index < -0.39 is 0 Å². The topological polar surface area (TPSA) is 153 Å². The van der Waals surface area contributed by atoms with Crippen molar-refractivity contribution >= 4 is 67.9 Å². The molecule has 8 bridgehead atoms. The van der Waals surface area contributed by atoms with E-state index in [1.54, 1.807) is 42.7 Å². The molecule has 6 aromatic carbocycles. The highest BCUT2D eigenvalue weighted by Gasteiger charge is 2.24. The Morgan fingerprint density at radius 2 is 0.708 bits per heavy atom. The second-order valence-electron chi connectivity index (χ2n) is 17.3. The molecule has 4 N–H and O–H groups in total. The van der Waals surface area contributed by atoms with Gasteiger partial charge in [-0.25, -0.2) is 9.97 Å². The van der Waals surface area contributed by atoms with Crippen molar-refractivity contribution in [3.05, 3.63) is 155 Å². The first kappa shape index (κ1) is 45.6. The van der Waals surface area contributed by atoms with E-state index in [4.69, 9.17) is 38.4 Å². The molecule has 0 fully saturated rings. The molecule has 2 aliphatic rings. The largest absolute Gasteiger partial charge is 0.493 e. The predicted molar refractivity (Wildman–Crippen MR) is 287 cm³/mol. The normalized spacial score (nSPS) is 11.9. The maximum Gasteiger partial charge on any atom is 0.203 e. The fraction of sp³-hybridized carbons (Fsp3) is 0.133. The number of nitrogens with zero attached hydrogens (tertiary/aromatic N) is 2. The number of hydrogen-bond acceptors (Lipinski definition) is 10. The molecule has 72 heavy (non-hydrogen) atoms. The van der Waals surface area contributed by atoms with E-state index in [9.17, 15) is 10.2 Å². The van der Waals surface area contributed by atoms with Gasteiger partial charge in [-0.3, -0.25) is 0 Å². The van der Waals surface area contributed by atoms with Crippen LogP contribution >= 0.6 is 0 Å². The molecular formula is C60H50N4O8. The molecule has 0 amide bonds. The van der Waals surface area contributed by atoms with Crippen LogP contribution in [-0.2, 0) is 13.2 Å². The van der Waals surface area contributed by atoms with E-state index >= 15 is 0 Å². The molecular weight excluding hydrogens is 905 g/mol. The lowest BCUT2D eigenvalue weighted by Crippen LogP contribution is -1.97. The van der Waals surface area contributed by atoms with E-state index in [0.29, 0.717) is 57.3 Å². The minimum atomic E-state index is -0.158. The van der Waals surface area contributed by atoms with Crippen LogP contribution in [0.15, 0.2) is 121 Å². The third-order valence-electron chi connectivity index (χ3n) is 13.5. The first-order valence-electron chi connectivity index (χ1n) is 23.3. The third kappa shape index (κ3) is 7.56. The summed E-state index contributed by atoms with van der Waals surface area (Å²) in [6.45, 7) is -0.316. The summed E-state index contributed by atoms with van der Waals surface area (Å²) in [5.41, 5.74) is 13.8. The van der Waals surface area contributed by atoms with Crippen LogP contribution in [0.1, 0.15) is 33.9 Å². The molecule has 0 aliphatic carbocycles. The third-order valence-corrected chi connectivity index (χ3v) is 13.5. The Morgan fingerprint density at radius 1 is 0.389 bits per heavy atom. The van der Waals surface area contributed by atoms with Gasteiger partial charge < -0.3 is 48.6 Å². The number of aromatic amines is 2. The summed E-state index contributed by atoms with van der Waals surface area (Å²) >= 11 is 0. The molecule has 358 valence electrons. The molecule has 11 rings (SSSR count). The summed E-state index contributed by atoms with van der Waals surface area (Å²) in [6.07, 6.45) is 8.11. The van der Waals surface area contributed by atoms with Gasteiger partial charge in [-0.1, -0.05) is 72.8 Å². The fourth-order valence-electron chi connectivity index (χ4n) is 10.3. The van der Waals surface area contributed by atoms with Gasteiger partial charge in [0.25, 0.3) is 0 Å². The van der Waals surface area contributed by atoms with Crippen molar-refractivity contribution in [2.45, 2.75) is 13.2 Å².